The normalized spacial score (nSPS) is 12.3. The maximum atomic E-state index is 10.7. The fourth-order valence-corrected chi connectivity index (χ4v) is 1.33. The quantitative estimate of drug-likeness (QED) is 0.451. The lowest BCUT2D eigenvalue weighted by Crippen LogP contribution is -2.28. The van der Waals surface area contributed by atoms with Crippen LogP contribution in [0.5, 0.6) is 5.88 Å². The van der Waals surface area contributed by atoms with Crippen molar-refractivity contribution >= 4 is 6.29 Å². The Kier molecular flexibility index (Phi) is 4.70. The lowest BCUT2D eigenvalue weighted by Gasteiger charge is -2.15. The second-order valence-electron chi connectivity index (χ2n) is 3.39. The number of aldehydes is 1. The van der Waals surface area contributed by atoms with Crippen molar-refractivity contribution in [2.45, 2.75) is 25.3 Å². The van der Waals surface area contributed by atoms with Crippen molar-refractivity contribution in [1.29, 1.82) is 0 Å². The molecule has 0 aliphatic rings. The third-order valence-corrected chi connectivity index (χ3v) is 2.17. The molecule has 0 bridgehead atoms. The Bertz CT molecular complexity index is 299. The van der Waals surface area contributed by atoms with E-state index >= 15 is 0 Å². The molecule has 0 amide bonds. The molecule has 1 heterocycles. The number of nitrogens with zero attached hydrogens (tertiary/aromatic N) is 1. The molecule has 0 saturated heterocycles. The van der Waals surface area contributed by atoms with E-state index in [1.165, 1.54) is 4.68 Å². The number of nitrogens with two attached hydrogens (primary N) is 1. The summed E-state index contributed by atoms with van der Waals surface area (Å²) in [7, 11) is 0. The predicted octanol–water partition coefficient (Wildman–Crippen LogP) is 0.434. The molecule has 0 saturated carbocycles. The molecule has 0 spiro atoms. The van der Waals surface area contributed by atoms with Gasteiger partial charge >= 0.3 is 0 Å². The van der Waals surface area contributed by atoms with Crippen molar-refractivity contribution in [2.24, 2.45) is 5.73 Å². The van der Waals surface area contributed by atoms with Crippen LogP contribution in [0.4, 0.5) is 0 Å². The Hall–Kier alpha value is -1.49. The van der Waals surface area contributed by atoms with Crippen molar-refractivity contribution < 1.29 is 9.90 Å². The standard InChI is InChI=1S/C10H17N3O2/c11-6-2-1-4-9(8-14)12-13-7-3-5-10(13)15/h3,5,7-9,12,15H,1-2,4,6,11H2/t9-/m0/s1. The van der Waals surface area contributed by atoms with Gasteiger partial charge in [-0.05, 0) is 31.9 Å². The molecule has 15 heavy (non-hydrogen) atoms. The highest BCUT2D eigenvalue weighted by atomic mass is 16.3. The van der Waals surface area contributed by atoms with Crippen LogP contribution in [0.1, 0.15) is 19.3 Å². The Labute approximate surface area is 88.9 Å². The van der Waals surface area contributed by atoms with Crippen LogP contribution < -0.4 is 11.2 Å². The molecule has 1 atom stereocenters. The van der Waals surface area contributed by atoms with E-state index in [1.807, 2.05) is 0 Å². The number of carbonyl (C=O) groups excluding carboxylic acids is 1. The molecule has 1 rings (SSSR count). The summed E-state index contributed by atoms with van der Waals surface area (Å²) in [4.78, 5) is 10.7. The van der Waals surface area contributed by atoms with Crippen molar-refractivity contribution in [2.75, 3.05) is 12.0 Å². The van der Waals surface area contributed by atoms with Gasteiger partial charge in [-0.3, -0.25) is 0 Å². The fourth-order valence-electron chi connectivity index (χ4n) is 1.33. The van der Waals surface area contributed by atoms with E-state index in [1.54, 1.807) is 18.3 Å². The highest BCUT2D eigenvalue weighted by Gasteiger charge is 2.07. The van der Waals surface area contributed by atoms with Crippen LogP contribution in [-0.4, -0.2) is 28.7 Å². The first-order chi connectivity index (χ1) is 7.27. The van der Waals surface area contributed by atoms with Crippen molar-refractivity contribution in [3.63, 3.8) is 0 Å². The van der Waals surface area contributed by atoms with Crippen molar-refractivity contribution in [3.8, 4) is 5.88 Å². The maximum absolute atomic E-state index is 10.7. The summed E-state index contributed by atoms with van der Waals surface area (Å²) in [6.45, 7) is 0.639. The lowest BCUT2D eigenvalue weighted by molar-refractivity contribution is -0.108. The average Bonchev–Trinajstić information content (AvgIpc) is 2.63. The second-order valence-corrected chi connectivity index (χ2v) is 3.39. The molecule has 1 aromatic heterocycles. The highest BCUT2D eigenvalue weighted by molar-refractivity contribution is 5.59. The van der Waals surface area contributed by atoms with E-state index in [4.69, 9.17) is 5.73 Å². The summed E-state index contributed by atoms with van der Waals surface area (Å²) >= 11 is 0. The van der Waals surface area contributed by atoms with Crippen molar-refractivity contribution in [3.05, 3.63) is 18.3 Å². The van der Waals surface area contributed by atoms with Gasteiger partial charge in [-0.2, -0.15) is 0 Å². The minimum absolute atomic E-state index is 0.0978. The van der Waals surface area contributed by atoms with Gasteiger partial charge in [0.05, 0.1) is 6.04 Å². The highest BCUT2D eigenvalue weighted by Crippen LogP contribution is 2.08. The fraction of sp³-hybridized carbons (Fsp3) is 0.500. The van der Waals surface area contributed by atoms with E-state index in [0.717, 1.165) is 25.5 Å². The van der Waals surface area contributed by atoms with Crippen molar-refractivity contribution in [1.82, 2.24) is 4.68 Å². The maximum Gasteiger partial charge on any atom is 0.209 e. The lowest BCUT2D eigenvalue weighted by atomic mass is 10.1. The molecule has 84 valence electrons. The Morgan fingerprint density at radius 2 is 2.40 bits per heavy atom. The molecular weight excluding hydrogens is 194 g/mol. The number of aromatic nitrogens is 1. The molecular formula is C10H17N3O2. The zero-order chi connectivity index (χ0) is 11.1. The Morgan fingerprint density at radius 1 is 1.60 bits per heavy atom. The number of rotatable bonds is 7. The molecule has 0 aliphatic heterocycles. The summed E-state index contributed by atoms with van der Waals surface area (Å²) in [5, 5.41) is 9.33. The number of unbranched alkanes of at least 4 members (excludes halogenated alkanes) is 1. The molecule has 4 N–H and O–H groups in total. The number of aromatic hydroxyl groups is 1. The van der Waals surface area contributed by atoms with Gasteiger partial charge < -0.3 is 21.1 Å². The average molecular weight is 211 g/mol. The molecule has 5 nitrogen and oxygen atoms in total. The largest absolute Gasteiger partial charge is 0.493 e. The third-order valence-electron chi connectivity index (χ3n) is 2.17. The molecule has 0 unspecified atom stereocenters. The predicted molar refractivity (Wildman–Crippen MR) is 58.2 cm³/mol. The van der Waals surface area contributed by atoms with Gasteiger partial charge in [-0.25, -0.2) is 4.68 Å². The van der Waals surface area contributed by atoms with E-state index in [-0.39, 0.29) is 11.9 Å². The summed E-state index contributed by atoms with van der Waals surface area (Å²) in [6.07, 6.45) is 5.03. The first kappa shape index (κ1) is 11.6. The molecule has 0 aromatic carbocycles. The monoisotopic (exact) mass is 211 g/mol. The number of hydrogen-bond donors (Lipinski definition) is 3. The summed E-state index contributed by atoms with van der Waals surface area (Å²) in [6, 6.07) is 2.97. The van der Waals surface area contributed by atoms with Crippen LogP contribution in [0.15, 0.2) is 18.3 Å². The van der Waals surface area contributed by atoms with Crippen LogP contribution in [0, 0.1) is 0 Å². The van der Waals surface area contributed by atoms with Gasteiger partial charge in [-0.1, -0.05) is 0 Å². The van der Waals surface area contributed by atoms with Crippen LogP contribution in [0.3, 0.4) is 0 Å². The molecule has 5 heteroatoms. The number of carbonyl (C=O) groups is 1. The van der Waals surface area contributed by atoms with E-state index in [2.05, 4.69) is 5.43 Å². The molecule has 0 fully saturated rings. The van der Waals surface area contributed by atoms with Gasteiger partial charge in [0, 0.05) is 12.3 Å². The van der Waals surface area contributed by atoms with Crippen LogP contribution in [0.2, 0.25) is 0 Å². The van der Waals surface area contributed by atoms with Gasteiger partial charge in [0.2, 0.25) is 5.88 Å². The first-order valence-corrected chi connectivity index (χ1v) is 5.06. The van der Waals surface area contributed by atoms with Crippen LogP contribution in [-0.2, 0) is 4.79 Å². The number of hydrogen-bond acceptors (Lipinski definition) is 4. The van der Waals surface area contributed by atoms with Crippen LogP contribution >= 0.6 is 0 Å². The van der Waals surface area contributed by atoms with Gasteiger partial charge in [0.1, 0.15) is 6.29 Å². The van der Waals surface area contributed by atoms with Gasteiger partial charge in [-0.15, -0.1) is 0 Å². The molecule has 0 aliphatic carbocycles. The first-order valence-electron chi connectivity index (χ1n) is 5.06. The Balaban J connectivity index is 2.40. The van der Waals surface area contributed by atoms with Crippen LogP contribution in [0.25, 0.3) is 0 Å². The van der Waals surface area contributed by atoms with Gasteiger partial charge in [0.15, 0.2) is 0 Å². The third kappa shape index (κ3) is 3.63. The summed E-state index contributed by atoms with van der Waals surface area (Å²) in [5.74, 6) is 0.0978. The zero-order valence-electron chi connectivity index (χ0n) is 8.60. The van der Waals surface area contributed by atoms with E-state index < -0.39 is 0 Å². The van der Waals surface area contributed by atoms with E-state index in [9.17, 15) is 9.90 Å². The topological polar surface area (TPSA) is 80.3 Å². The minimum atomic E-state index is -0.283. The van der Waals surface area contributed by atoms with E-state index in [0.29, 0.717) is 6.54 Å². The number of nitrogens with one attached hydrogen (secondary N) is 1. The molecule has 1 aromatic rings. The Morgan fingerprint density at radius 3 is 2.93 bits per heavy atom. The van der Waals surface area contributed by atoms with Gasteiger partial charge in [0.25, 0.3) is 0 Å². The zero-order valence-corrected chi connectivity index (χ0v) is 8.60. The smallest absolute Gasteiger partial charge is 0.209 e. The minimum Gasteiger partial charge on any atom is -0.493 e. The second kappa shape index (κ2) is 6.08. The SMILES string of the molecule is NCCCC[C@@H](C=O)Nn1cccc1O. The summed E-state index contributed by atoms with van der Waals surface area (Å²) in [5.41, 5.74) is 8.26. The molecule has 0 radical (unpaired) electrons. The summed E-state index contributed by atoms with van der Waals surface area (Å²) < 4.78 is 1.43.